The van der Waals surface area contributed by atoms with Crippen molar-refractivity contribution >= 4 is 17.7 Å². The van der Waals surface area contributed by atoms with Crippen LogP contribution < -0.4 is 5.32 Å². The summed E-state index contributed by atoms with van der Waals surface area (Å²) in [6, 6.07) is 12.1. The third-order valence-electron chi connectivity index (χ3n) is 5.65. The van der Waals surface area contributed by atoms with Crippen LogP contribution in [0.2, 0.25) is 0 Å². The third kappa shape index (κ3) is 5.20. The van der Waals surface area contributed by atoms with E-state index in [4.69, 9.17) is 4.74 Å². The molecule has 9 heteroatoms. The summed E-state index contributed by atoms with van der Waals surface area (Å²) in [7, 11) is 0. The van der Waals surface area contributed by atoms with E-state index in [1.807, 2.05) is 30.3 Å². The maximum absolute atomic E-state index is 13.8. The number of amides is 2. The zero-order valence-corrected chi connectivity index (χ0v) is 17.3. The van der Waals surface area contributed by atoms with E-state index in [0.29, 0.717) is 6.42 Å². The van der Waals surface area contributed by atoms with Crippen LogP contribution >= 0.6 is 0 Å². The van der Waals surface area contributed by atoms with E-state index in [-0.39, 0.29) is 12.3 Å². The Morgan fingerprint density at radius 3 is 2.28 bits per heavy atom. The van der Waals surface area contributed by atoms with Crippen LogP contribution in [0.5, 0.6) is 0 Å². The first kappa shape index (κ1) is 23.6. The number of carbonyl (C=O) groups is 2. The van der Waals surface area contributed by atoms with Gasteiger partial charge in [0, 0.05) is 18.2 Å². The molecule has 1 aliphatic rings. The summed E-state index contributed by atoms with van der Waals surface area (Å²) in [5.41, 5.74) is -1.00. The second kappa shape index (κ2) is 10.5. The molecule has 0 saturated carbocycles. The molecular weight excluding hydrogens is 428 g/mol. The van der Waals surface area contributed by atoms with Crippen LogP contribution in [0.15, 0.2) is 54.6 Å². The molecule has 0 spiro atoms. The molecule has 2 atom stereocenters. The summed E-state index contributed by atoms with van der Waals surface area (Å²) in [5, 5.41) is 2.75. The molecule has 1 N–H and O–H groups in total. The van der Waals surface area contributed by atoms with Gasteiger partial charge in [0.05, 0.1) is 11.5 Å². The van der Waals surface area contributed by atoms with Crippen LogP contribution in [0.3, 0.4) is 0 Å². The van der Waals surface area contributed by atoms with Gasteiger partial charge in [-0.15, -0.1) is 0 Å². The van der Waals surface area contributed by atoms with Gasteiger partial charge in [-0.05, 0) is 36.2 Å². The van der Waals surface area contributed by atoms with Crippen molar-refractivity contribution in [2.45, 2.75) is 24.9 Å². The molecule has 1 fully saturated rings. The number of cyclic esters (lactones) is 1. The van der Waals surface area contributed by atoms with Crippen LogP contribution in [-0.2, 0) is 16.0 Å². The number of carbonyl (C=O) groups excluding carboxylic acids is 2. The Morgan fingerprint density at radius 1 is 1.06 bits per heavy atom. The fraction of sp³-hybridized carbons (Fsp3) is 0.391. The number of hydrogen-bond donors (Lipinski definition) is 1. The molecule has 1 aliphatic heterocycles. The van der Waals surface area contributed by atoms with E-state index in [1.54, 1.807) is 0 Å². The van der Waals surface area contributed by atoms with Gasteiger partial charge in [-0.3, -0.25) is 18.0 Å². The van der Waals surface area contributed by atoms with Gasteiger partial charge < -0.3 is 10.1 Å². The lowest BCUT2D eigenvalue weighted by Crippen LogP contribution is -2.50. The van der Waals surface area contributed by atoms with Crippen LogP contribution in [0.4, 0.5) is 28.0 Å². The Morgan fingerprint density at radius 2 is 1.69 bits per heavy atom. The second-order valence-corrected chi connectivity index (χ2v) is 7.86. The number of hydrogen-bond acceptors (Lipinski definition) is 4. The summed E-state index contributed by atoms with van der Waals surface area (Å²) in [4.78, 5) is 26.2. The molecule has 0 bridgehead atoms. The molecule has 2 aromatic rings. The van der Waals surface area contributed by atoms with E-state index in [2.05, 4.69) is 5.32 Å². The van der Waals surface area contributed by atoms with Gasteiger partial charge in [-0.2, -0.15) is 0 Å². The molecule has 3 rings (SSSR count). The van der Waals surface area contributed by atoms with Crippen molar-refractivity contribution in [1.29, 1.82) is 0 Å². The fourth-order valence-corrected chi connectivity index (χ4v) is 3.63. The van der Waals surface area contributed by atoms with E-state index in [0.717, 1.165) is 22.6 Å². The Kier molecular flexibility index (Phi) is 7.71. The molecular formula is C23H24F4N2O3. The minimum atomic E-state index is -2.14. The van der Waals surface area contributed by atoms with Crippen LogP contribution in [0.25, 0.3) is 0 Å². The Balaban J connectivity index is 1.82. The van der Waals surface area contributed by atoms with Gasteiger partial charge in [-0.1, -0.05) is 30.3 Å². The number of anilines is 1. The highest BCUT2D eigenvalue weighted by Gasteiger charge is 2.45. The molecule has 1 heterocycles. The molecule has 2 aromatic carbocycles. The Bertz CT molecular complexity index is 899. The van der Waals surface area contributed by atoms with E-state index >= 15 is 0 Å². The fourth-order valence-electron chi connectivity index (χ4n) is 3.63. The van der Waals surface area contributed by atoms with E-state index in [9.17, 15) is 27.2 Å². The average molecular weight is 452 g/mol. The van der Waals surface area contributed by atoms with Gasteiger partial charge in [0.1, 0.15) is 32.4 Å². The summed E-state index contributed by atoms with van der Waals surface area (Å²) in [5.74, 6) is -1.27. The first-order valence-corrected chi connectivity index (χ1v) is 10.1. The number of imide groups is 1. The summed E-state index contributed by atoms with van der Waals surface area (Å²) >= 11 is 0. The molecule has 172 valence electrons. The van der Waals surface area contributed by atoms with Crippen molar-refractivity contribution < 1.29 is 31.9 Å². The van der Waals surface area contributed by atoms with Gasteiger partial charge in [-0.25, -0.2) is 14.1 Å². The van der Waals surface area contributed by atoms with Crippen molar-refractivity contribution in [1.82, 2.24) is 4.90 Å². The number of halogens is 4. The van der Waals surface area contributed by atoms with Crippen LogP contribution in [0.1, 0.15) is 12.0 Å². The molecule has 0 aliphatic carbocycles. The maximum Gasteiger partial charge on any atom is 0.416 e. The molecule has 1 unspecified atom stereocenters. The van der Waals surface area contributed by atoms with Crippen molar-refractivity contribution in [3.8, 4) is 0 Å². The average Bonchev–Trinajstić information content (AvgIpc) is 3.17. The Hall–Kier alpha value is -3.10. The van der Waals surface area contributed by atoms with Gasteiger partial charge >= 0.3 is 6.09 Å². The molecule has 0 radical (unpaired) electrons. The minimum Gasteiger partial charge on any atom is -0.447 e. The van der Waals surface area contributed by atoms with Gasteiger partial charge in [0.15, 0.2) is 0 Å². The largest absolute Gasteiger partial charge is 0.447 e. The number of rotatable bonds is 10. The van der Waals surface area contributed by atoms with Crippen molar-refractivity contribution in [2.24, 2.45) is 5.41 Å². The topological polar surface area (TPSA) is 58.6 Å². The lowest BCUT2D eigenvalue weighted by atomic mass is 9.81. The SMILES string of the molecule is O=C(CC(Nc1ccc(F)cc1)C(CF)(CF)CF)N1C(=O)OC[C@@H]1Cc1ccccc1. The number of benzene rings is 2. The van der Waals surface area contributed by atoms with Crippen molar-refractivity contribution in [3.63, 3.8) is 0 Å². The minimum absolute atomic E-state index is 0.0179. The summed E-state index contributed by atoms with van der Waals surface area (Å²) in [6.07, 6.45) is -1.08. The zero-order chi connectivity index (χ0) is 23.1. The second-order valence-electron chi connectivity index (χ2n) is 7.86. The summed E-state index contributed by atoms with van der Waals surface area (Å²) < 4.78 is 59.7. The maximum atomic E-state index is 13.8. The lowest BCUT2D eigenvalue weighted by molar-refractivity contribution is -0.130. The molecule has 32 heavy (non-hydrogen) atoms. The number of alkyl halides is 3. The van der Waals surface area contributed by atoms with Gasteiger partial charge in [0.25, 0.3) is 0 Å². The molecule has 5 nitrogen and oxygen atoms in total. The normalized spacial score (nSPS) is 17.2. The number of nitrogens with one attached hydrogen (secondary N) is 1. The van der Waals surface area contributed by atoms with Gasteiger partial charge in [0.2, 0.25) is 5.91 Å². The monoisotopic (exact) mass is 452 g/mol. The van der Waals surface area contributed by atoms with Crippen molar-refractivity contribution in [3.05, 3.63) is 66.0 Å². The highest BCUT2D eigenvalue weighted by molar-refractivity contribution is 5.94. The third-order valence-corrected chi connectivity index (χ3v) is 5.65. The zero-order valence-electron chi connectivity index (χ0n) is 17.3. The van der Waals surface area contributed by atoms with E-state index < -0.39 is 61.8 Å². The molecule has 0 aromatic heterocycles. The van der Waals surface area contributed by atoms with Crippen LogP contribution in [-0.4, -0.2) is 55.6 Å². The quantitative estimate of drug-likeness (QED) is 0.540. The van der Waals surface area contributed by atoms with Crippen LogP contribution in [0, 0.1) is 11.2 Å². The smallest absolute Gasteiger partial charge is 0.416 e. The predicted molar refractivity (Wildman–Crippen MR) is 111 cm³/mol. The molecule has 1 saturated heterocycles. The molecule has 2 amide bonds. The van der Waals surface area contributed by atoms with Crippen molar-refractivity contribution in [2.75, 3.05) is 31.9 Å². The predicted octanol–water partition coefficient (Wildman–Crippen LogP) is 4.48. The number of ether oxygens (including phenoxy) is 1. The van der Waals surface area contributed by atoms with E-state index in [1.165, 1.54) is 12.1 Å². The first-order chi connectivity index (χ1) is 15.4. The standard InChI is InChI=1S/C23H24F4N2O3/c24-13-23(14-25,15-26)20(28-18-8-6-17(27)7-9-18)11-21(30)29-19(12-32-22(29)31)10-16-4-2-1-3-5-16/h1-9,19-20,28H,10-15H2/t19-,20?/m0/s1. The highest BCUT2D eigenvalue weighted by Crippen LogP contribution is 2.31. The highest BCUT2D eigenvalue weighted by atomic mass is 19.2. The lowest BCUT2D eigenvalue weighted by Gasteiger charge is -2.36. The summed E-state index contributed by atoms with van der Waals surface area (Å²) in [6.45, 7) is -4.13. The Labute approximate surface area is 183 Å². The first-order valence-electron chi connectivity index (χ1n) is 10.1. The number of nitrogens with zero attached hydrogens (tertiary/aromatic N) is 1.